The fourth-order valence-electron chi connectivity index (χ4n) is 1.79. The van der Waals surface area contributed by atoms with Gasteiger partial charge in [-0.3, -0.25) is 0 Å². The van der Waals surface area contributed by atoms with Crippen LogP contribution in [0.15, 0.2) is 29.3 Å². The van der Waals surface area contributed by atoms with E-state index in [1.807, 2.05) is 31.2 Å². The predicted octanol–water partition coefficient (Wildman–Crippen LogP) is 2.40. The van der Waals surface area contributed by atoms with Gasteiger partial charge < -0.3 is 20.1 Å². The van der Waals surface area contributed by atoms with Crippen LogP contribution >= 0.6 is 24.0 Å². The van der Waals surface area contributed by atoms with E-state index in [0.717, 1.165) is 23.8 Å². The normalized spacial score (nSPS) is 12.3. The standard InChI is InChI=1S/C15H25N3O2.HI/c1-5-16-15(18-12(2)11-19-3)17-10-13-7-6-8-14(9-13)20-4;/h6-9,12H,5,10-11H2,1-4H3,(H2,16,17,18);1H. The van der Waals surface area contributed by atoms with E-state index < -0.39 is 0 Å². The van der Waals surface area contributed by atoms with E-state index in [2.05, 4.69) is 22.5 Å². The van der Waals surface area contributed by atoms with Gasteiger partial charge in [0.25, 0.3) is 0 Å². The second-order valence-corrected chi connectivity index (χ2v) is 4.55. The lowest BCUT2D eigenvalue weighted by atomic mass is 10.2. The number of methoxy groups -OCH3 is 2. The highest BCUT2D eigenvalue weighted by molar-refractivity contribution is 14.0. The molecule has 0 aliphatic carbocycles. The minimum absolute atomic E-state index is 0. The second-order valence-electron chi connectivity index (χ2n) is 4.55. The van der Waals surface area contributed by atoms with Crippen molar-refractivity contribution in [1.29, 1.82) is 0 Å². The third kappa shape index (κ3) is 8.11. The number of guanidine groups is 1. The smallest absolute Gasteiger partial charge is 0.191 e. The van der Waals surface area contributed by atoms with Crippen LogP contribution in [-0.2, 0) is 11.3 Å². The molecule has 0 fully saturated rings. The molecule has 0 amide bonds. The second kappa shape index (κ2) is 11.6. The fourth-order valence-corrected chi connectivity index (χ4v) is 1.79. The van der Waals surface area contributed by atoms with Crippen molar-refractivity contribution in [2.45, 2.75) is 26.4 Å². The van der Waals surface area contributed by atoms with Crippen LogP contribution in [0.3, 0.4) is 0 Å². The summed E-state index contributed by atoms with van der Waals surface area (Å²) in [6.45, 7) is 6.17. The maximum Gasteiger partial charge on any atom is 0.191 e. The monoisotopic (exact) mass is 407 g/mol. The Morgan fingerprint density at radius 2 is 2.10 bits per heavy atom. The van der Waals surface area contributed by atoms with Gasteiger partial charge in [0.2, 0.25) is 0 Å². The van der Waals surface area contributed by atoms with Crippen molar-refractivity contribution in [3.05, 3.63) is 29.8 Å². The first kappa shape index (κ1) is 20.0. The molecular formula is C15H26IN3O2. The molecule has 0 heterocycles. The number of benzene rings is 1. The highest BCUT2D eigenvalue weighted by Crippen LogP contribution is 2.13. The van der Waals surface area contributed by atoms with Gasteiger partial charge in [0.05, 0.1) is 20.3 Å². The first-order valence-corrected chi connectivity index (χ1v) is 6.86. The molecule has 1 rings (SSSR count). The summed E-state index contributed by atoms with van der Waals surface area (Å²) >= 11 is 0. The minimum atomic E-state index is 0. The zero-order valence-corrected chi connectivity index (χ0v) is 15.5. The van der Waals surface area contributed by atoms with Crippen LogP contribution in [0, 0.1) is 0 Å². The molecule has 1 aromatic rings. The summed E-state index contributed by atoms with van der Waals surface area (Å²) in [5, 5.41) is 6.52. The summed E-state index contributed by atoms with van der Waals surface area (Å²) in [5.41, 5.74) is 1.11. The van der Waals surface area contributed by atoms with E-state index in [4.69, 9.17) is 9.47 Å². The van der Waals surface area contributed by atoms with E-state index in [1.54, 1.807) is 14.2 Å². The molecule has 120 valence electrons. The number of hydrogen-bond acceptors (Lipinski definition) is 3. The van der Waals surface area contributed by atoms with Crippen molar-refractivity contribution in [3.8, 4) is 5.75 Å². The van der Waals surface area contributed by atoms with E-state index in [0.29, 0.717) is 13.2 Å². The number of hydrogen-bond donors (Lipinski definition) is 2. The summed E-state index contributed by atoms with van der Waals surface area (Å²) < 4.78 is 10.3. The van der Waals surface area contributed by atoms with Gasteiger partial charge in [-0.15, -0.1) is 24.0 Å². The van der Waals surface area contributed by atoms with Crippen LogP contribution in [0.5, 0.6) is 5.75 Å². The molecule has 1 atom stereocenters. The maximum atomic E-state index is 5.21. The number of rotatable bonds is 7. The maximum absolute atomic E-state index is 5.21. The Labute approximate surface area is 144 Å². The van der Waals surface area contributed by atoms with E-state index in [1.165, 1.54) is 0 Å². The molecule has 1 unspecified atom stereocenters. The molecule has 1 aromatic carbocycles. The molecule has 0 radical (unpaired) electrons. The van der Waals surface area contributed by atoms with E-state index >= 15 is 0 Å². The van der Waals surface area contributed by atoms with Gasteiger partial charge in [0.1, 0.15) is 5.75 Å². The molecule has 0 aliphatic heterocycles. The van der Waals surface area contributed by atoms with E-state index in [9.17, 15) is 0 Å². The SMILES string of the molecule is CCNC(=NCc1cccc(OC)c1)NC(C)COC.I. The Morgan fingerprint density at radius 1 is 1.33 bits per heavy atom. The molecule has 0 saturated carbocycles. The Morgan fingerprint density at radius 3 is 2.71 bits per heavy atom. The summed E-state index contributed by atoms with van der Waals surface area (Å²) in [5.74, 6) is 1.64. The molecule has 2 N–H and O–H groups in total. The van der Waals surface area contributed by atoms with Crippen LogP contribution in [0.1, 0.15) is 19.4 Å². The van der Waals surface area contributed by atoms with Crippen molar-refractivity contribution in [2.75, 3.05) is 27.4 Å². The van der Waals surface area contributed by atoms with Gasteiger partial charge in [-0.25, -0.2) is 4.99 Å². The first-order chi connectivity index (χ1) is 9.69. The Kier molecular flexibility index (Phi) is 11.1. The van der Waals surface area contributed by atoms with Gasteiger partial charge in [-0.2, -0.15) is 0 Å². The lowest BCUT2D eigenvalue weighted by molar-refractivity contribution is 0.179. The van der Waals surface area contributed by atoms with Crippen molar-refractivity contribution in [2.24, 2.45) is 4.99 Å². The molecule has 0 bridgehead atoms. The lowest BCUT2D eigenvalue weighted by Crippen LogP contribution is -2.43. The molecule has 6 heteroatoms. The number of ether oxygens (including phenoxy) is 2. The van der Waals surface area contributed by atoms with Crippen molar-refractivity contribution in [1.82, 2.24) is 10.6 Å². The average Bonchev–Trinajstić information content (AvgIpc) is 2.45. The molecule has 0 spiro atoms. The summed E-state index contributed by atoms with van der Waals surface area (Å²) in [4.78, 5) is 4.56. The topological polar surface area (TPSA) is 54.9 Å². The van der Waals surface area contributed by atoms with Crippen molar-refractivity contribution in [3.63, 3.8) is 0 Å². The Balaban J connectivity index is 0.00000400. The highest BCUT2D eigenvalue weighted by atomic mass is 127. The number of nitrogens with one attached hydrogen (secondary N) is 2. The zero-order chi connectivity index (χ0) is 14.8. The summed E-state index contributed by atoms with van der Waals surface area (Å²) in [6, 6.07) is 8.14. The van der Waals surface area contributed by atoms with Crippen molar-refractivity contribution >= 4 is 29.9 Å². The molecule has 0 aliphatic rings. The number of nitrogens with zero attached hydrogens (tertiary/aromatic N) is 1. The Hall–Kier alpha value is -1.02. The largest absolute Gasteiger partial charge is 0.497 e. The molecule has 5 nitrogen and oxygen atoms in total. The third-order valence-electron chi connectivity index (χ3n) is 2.70. The molecular weight excluding hydrogens is 381 g/mol. The number of halogens is 1. The molecule has 0 saturated heterocycles. The van der Waals surface area contributed by atoms with E-state index in [-0.39, 0.29) is 30.0 Å². The van der Waals surface area contributed by atoms with Crippen LogP contribution in [-0.4, -0.2) is 39.4 Å². The summed E-state index contributed by atoms with van der Waals surface area (Å²) in [7, 11) is 3.36. The zero-order valence-electron chi connectivity index (χ0n) is 13.2. The van der Waals surface area contributed by atoms with Gasteiger partial charge in [-0.05, 0) is 31.5 Å². The summed E-state index contributed by atoms with van der Waals surface area (Å²) in [6.07, 6.45) is 0. The van der Waals surface area contributed by atoms with Crippen LogP contribution in [0.4, 0.5) is 0 Å². The van der Waals surface area contributed by atoms with Gasteiger partial charge >= 0.3 is 0 Å². The first-order valence-electron chi connectivity index (χ1n) is 6.86. The number of aliphatic imine (C=N–C) groups is 1. The quantitative estimate of drug-likeness (QED) is 0.414. The Bertz CT molecular complexity index is 427. The highest BCUT2D eigenvalue weighted by Gasteiger charge is 2.04. The average molecular weight is 407 g/mol. The van der Waals surface area contributed by atoms with Crippen molar-refractivity contribution < 1.29 is 9.47 Å². The fraction of sp³-hybridized carbons (Fsp3) is 0.533. The van der Waals surface area contributed by atoms with Crippen LogP contribution in [0.25, 0.3) is 0 Å². The van der Waals surface area contributed by atoms with Gasteiger partial charge in [0, 0.05) is 19.7 Å². The predicted molar refractivity (Wildman–Crippen MR) is 97.7 cm³/mol. The van der Waals surface area contributed by atoms with Gasteiger partial charge in [0.15, 0.2) is 5.96 Å². The minimum Gasteiger partial charge on any atom is -0.497 e. The lowest BCUT2D eigenvalue weighted by Gasteiger charge is -2.17. The van der Waals surface area contributed by atoms with Crippen LogP contribution in [0.2, 0.25) is 0 Å². The third-order valence-corrected chi connectivity index (χ3v) is 2.70. The molecule has 0 aromatic heterocycles. The molecule has 21 heavy (non-hydrogen) atoms. The van der Waals surface area contributed by atoms with Gasteiger partial charge in [-0.1, -0.05) is 12.1 Å². The van der Waals surface area contributed by atoms with Crippen LogP contribution < -0.4 is 15.4 Å².